The summed E-state index contributed by atoms with van der Waals surface area (Å²) >= 11 is 0. The van der Waals surface area contributed by atoms with Gasteiger partial charge in [-0.2, -0.15) is 0 Å². The minimum absolute atomic E-state index is 0.0676. The Labute approximate surface area is 175 Å². The molecule has 158 valence electrons. The van der Waals surface area contributed by atoms with Gasteiger partial charge in [-0.25, -0.2) is 0 Å². The Kier molecular flexibility index (Phi) is 8.71. The molecule has 4 heteroatoms. The molecule has 0 radical (unpaired) electrons. The Morgan fingerprint density at radius 2 is 1.69 bits per heavy atom. The molecule has 0 spiro atoms. The van der Waals surface area contributed by atoms with Crippen LogP contribution in [0.15, 0.2) is 48.5 Å². The second-order valence-corrected chi connectivity index (χ2v) is 8.08. The van der Waals surface area contributed by atoms with Crippen LogP contribution < -0.4 is 0 Å². The lowest BCUT2D eigenvalue weighted by molar-refractivity contribution is -0.144. The van der Waals surface area contributed by atoms with Crippen molar-refractivity contribution in [3.05, 3.63) is 65.2 Å². The molecule has 0 amide bonds. The Morgan fingerprint density at radius 1 is 1.03 bits per heavy atom. The van der Waals surface area contributed by atoms with Gasteiger partial charge >= 0.3 is 5.97 Å². The fourth-order valence-electron chi connectivity index (χ4n) is 3.82. The zero-order chi connectivity index (χ0) is 21.4. The van der Waals surface area contributed by atoms with Crippen molar-refractivity contribution in [2.75, 3.05) is 6.54 Å². The number of benzene rings is 2. The third-order valence-electron chi connectivity index (χ3n) is 5.36. The van der Waals surface area contributed by atoms with E-state index in [2.05, 4.69) is 44.7 Å². The molecule has 0 aliphatic carbocycles. The molecule has 0 bridgehead atoms. The highest BCUT2D eigenvalue weighted by molar-refractivity contribution is 5.68. The maximum Gasteiger partial charge on any atom is 0.305 e. The second-order valence-electron chi connectivity index (χ2n) is 8.08. The van der Waals surface area contributed by atoms with E-state index >= 15 is 0 Å². The van der Waals surface area contributed by atoms with Crippen molar-refractivity contribution in [1.29, 1.82) is 0 Å². The lowest BCUT2D eigenvalue weighted by atomic mass is 9.86. The van der Waals surface area contributed by atoms with E-state index < -0.39 is 0 Å². The van der Waals surface area contributed by atoms with Gasteiger partial charge in [0.05, 0.1) is 0 Å². The van der Waals surface area contributed by atoms with E-state index in [0.29, 0.717) is 18.5 Å². The Hall–Kier alpha value is -2.33. The van der Waals surface area contributed by atoms with Crippen molar-refractivity contribution in [2.45, 2.75) is 72.1 Å². The molecule has 2 rings (SSSR count). The first kappa shape index (κ1) is 23.0. The molecule has 1 N–H and O–H groups in total. The number of phenols is 1. The van der Waals surface area contributed by atoms with E-state index in [0.717, 1.165) is 24.1 Å². The fraction of sp³-hybridized carbons (Fsp3) is 0.480. The minimum atomic E-state index is -0.219. The summed E-state index contributed by atoms with van der Waals surface area (Å²) < 4.78 is 5.29. The van der Waals surface area contributed by atoms with Crippen LogP contribution in [0.25, 0.3) is 0 Å². The van der Waals surface area contributed by atoms with Gasteiger partial charge in [0.15, 0.2) is 0 Å². The number of aromatic hydroxyl groups is 1. The van der Waals surface area contributed by atoms with Crippen molar-refractivity contribution < 1.29 is 14.6 Å². The van der Waals surface area contributed by atoms with E-state index in [9.17, 15) is 9.90 Å². The van der Waals surface area contributed by atoms with Crippen LogP contribution in [0.1, 0.15) is 70.1 Å². The number of phenolic OH excluding ortho intramolecular Hbond substituents is 1. The molecule has 0 saturated heterocycles. The van der Waals surface area contributed by atoms with Gasteiger partial charge in [-0.05, 0) is 63.9 Å². The molecule has 1 unspecified atom stereocenters. The molecule has 0 saturated carbocycles. The molecule has 0 aliphatic heterocycles. The monoisotopic (exact) mass is 397 g/mol. The van der Waals surface area contributed by atoms with Crippen LogP contribution in [0.4, 0.5) is 0 Å². The van der Waals surface area contributed by atoms with Gasteiger partial charge in [0, 0.05) is 30.0 Å². The quantitative estimate of drug-likeness (QED) is 0.539. The van der Waals surface area contributed by atoms with Crippen LogP contribution in [0, 0.1) is 0 Å². The molecule has 29 heavy (non-hydrogen) atoms. The molecular weight excluding hydrogens is 362 g/mol. The number of rotatable bonds is 10. The standard InChI is InChI=1S/C25H35NO3/c1-6-25(28)29-17-20-12-13-24(27)23(16-20)22(21-10-8-7-9-11-21)14-15-26(18(2)3)19(4)5/h7-13,16,18-19,22,27H,6,14-15,17H2,1-5H3. The average Bonchev–Trinajstić information content (AvgIpc) is 2.70. The molecule has 2 aromatic rings. The number of esters is 1. The zero-order valence-electron chi connectivity index (χ0n) is 18.4. The van der Waals surface area contributed by atoms with Crippen molar-refractivity contribution in [2.24, 2.45) is 0 Å². The van der Waals surface area contributed by atoms with Gasteiger partial charge in [-0.3, -0.25) is 9.69 Å². The summed E-state index contributed by atoms with van der Waals surface area (Å²) in [6, 6.07) is 16.7. The molecule has 0 aromatic heterocycles. The van der Waals surface area contributed by atoms with E-state index in [1.165, 1.54) is 5.56 Å². The van der Waals surface area contributed by atoms with E-state index in [1.54, 1.807) is 13.0 Å². The van der Waals surface area contributed by atoms with Gasteiger partial charge in [-0.15, -0.1) is 0 Å². The van der Waals surface area contributed by atoms with Crippen LogP contribution in [0.5, 0.6) is 5.75 Å². The third kappa shape index (κ3) is 6.60. The van der Waals surface area contributed by atoms with Gasteiger partial charge in [0.2, 0.25) is 0 Å². The third-order valence-corrected chi connectivity index (χ3v) is 5.36. The number of hydrogen-bond acceptors (Lipinski definition) is 4. The summed E-state index contributed by atoms with van der Waals surface area (Å²) in [7, 11) is 0. The van der Waals surface area contributed by atoms with Crippen LogP contribution in [-0.4, -0.2) is 34.6 Å². The summed E-state index contributed by atoms with van der Waals surface area (Å²) in [5, 5.41) is 10.7. The van der Waals surface area contributed by atoms with E-state index in [4.69, 9.17) is 4.74 Å². The topological polar surface area (TPSA) is 49.8 Å². The van der Waals surface area contributed by atoms with Gasteiger partial charge in [-0.1, -0.05) is 43.3 Å². The number of carbonyl (C=O) groups excluding carboxylic acids is 1. The number of hydrogen-bond donors (Lipinski definition) is 1. The summed E-state index contributed by atoms with van der Waals surface area (Å²) in [6.45, 7) is 11.8. The van der Waals surface area contributed by atoms with Crippen LogP contribution in [0.3, 0.4) is 0 Å². The van der Waals surface area contributed by atoms with Crippen LogP contribution in [0.2, 0.25) is 0 Å². The largest absolute Gasteiger partial charge is 0.508 e. The first-order valence-electron chi connectivity index (χ1n) is 10.6. The zero-order valence-corrected chi connectivity index (χ0v) is 18.4. The second kappa shape index (κ2) is 11.0. The predicted molar refractivity (Wildman–Crippen MR) is 118 cm³/mol. The summed E-state index contributed by atoms with van der Waals surface area (Å²) in [5.41, 5.74) is 2.96. The lowest BCUT2D eigenvalue weighted by Gasteiger charge is -2.32. The van der Waals surface area contributed by atoms with E-state index in [1.807, 2.05) is 30.3 Å². The first-order valence-corrected chi connectivity index (χ1v) is 10.6. The highest BCUT2D eigenvalue weighted by atomic mass is 16.5. The molecule has 0 heterocycles. The summed E-state index contributed by atoms with van der Waals surface area (Å²) in [4.78, 5) is 14.0. The van der Waals surface area contributed by atoms with Crippen molar-refractivity contribution in [1.82, 2.24) is 4.90 Å². The fourth-order valence-corrected chi connectivity index (χ4v) is 3.82. The number of ether oxygens (including phenoxy) is 1. The van der Waals surface area contributed by atoms with Crippen LogP contribution >= 0.6 is 0 Å². The van der Waals surface area contributed by atoms with Crippen LogP contribution in [-0.2, 0) is 16.1 Å². The lowest BCUT2D eigenvalue weighted by Crippen LogP contribution is -2.38. The maximum atomic E-state index is 11.5. The molecule has 2 aromatic carbocycles. The maximum absolute atomic E-state index is 11.5. The summed E-state index contributed by atoms with van der Waals surface area (Å²) in [6.07, 6.45) is 1.25. The average molecular weight is 398 g/mol. The highest BCUT2D eigenvalue weighted by Gasteiger charge is 2.21. The van der Waals surface area contributed by atoms with Gasteiger partial charge in [0.25, 0.3) is 0 Å². The molecule has 0 aliphatic rings. The van der Waals surface area contributed by atoms with Crippen molar-refractivity contribution in [3.63, 3.8) is 0 Å². The highest BCUT2D eigenvalue weighted by Crippen LogP contribution is 2.35. The molecule has 4 nitrogen and oxygen atoms in total. The number of carbonyl (C=O) groups is 1. The van der Waals surface area contributed by atoms with Gasteiger partial charge < -0.3 is 9.84 Å². The molecular formula is C25H35NO3. The molecule has 0 fully saturated rings. The predicted octanol–water partition coefficient (Wildman–Crippen LogP) is 5.49. The first-order chi connectivity index (χ1) is 13.8. The van der Waals surface area contributed by atoms with Gasteiger partial charge in [0.1, 0.15) is 12.4 Å². The Bertz CT molecular complexity index is 763. The minimum Gasteiger partial charge on any atom is -0.508 e. The Morgan fingerprint density at radius 3 is 2.28 bits per heavy atom. The summed E-state index contributed by atoms with van der Waals surface area (Å²) in [5.74, 6) is 0.131. The Balaban J connectivity index is 2.32. The van der Waals surface area contributed by atoms with Crippen molar-refractivity contribution >= 4 is 5.97 Å². The molecule has 1 atom stereocenters. The van der Waals surface area contributed by atoms with Crippen molar-refractivity contribution in [3.8, 4) is 5.75 Å². The SMILES string of the molecule is CCC(=O)OCc1ccc(O)c(C(CCN(C(C)C)C(C)C)c2ccccc2)c1. The number of nitrogens with zero attached hydrogens (tertiary/aromatic N) is 1. The normalized spacial score (nSPS) is 12.6. The van der Waals surface area contributed by atoms with E-state index in [-0.39, 0.29) is 24.2 Å². The smallest absolute Gasteiger partial charge is 0.305 e.